The molecule has 0 bridgehead atoms. The van der Waals surface area contributed by atoms with E-state index < -0.39 is 4.92 Å². The van der Waals surface area contributed by atoms with Crippen LogP contribution < -0.4 is 0 Å². The van der Waals surface area contributed by atoms with Crippen LogP contribution in [0.1, 0.15) is 11.3 Å². The molecule has 2 heterocycles. The lowest BCUT2D eigenvalue weighted by Crippen LogP contribution is -1.93. The number of fused-ring (bicyclic) bond motifs is 1. The number of pyridine rings is 1. The van der Waals surface area contributed by atoms with Crippen molar-refractivity contribution in [3.05, 3.63) is 75.2 Å². The average molecular weight is 288 g/mol. The molecule has 0 unspecified atom stereocenters. The maximum atomic E-state index is 10.9. The van der Waals surface area contributed by atoms with Crippen molar-refractivity contribution in [1.82, 2.24) is 9.38 Å². The summed E-state index contributed by atoms with van der Waals surface area (Å²) in [6.07, 6.45) is 4.35. The molecule has 6 heteroatoms. The quantitative estimate of drug-likeness (QED) is 0.547. The Bertz CT molecular complexity index is 765. The molecule has 0 N–H and O–H groups in total. The molecule has 3 rings (SSSR count). The smallest absolute Gasteiger partial charge is 0.288 e. The van der Waals surface area contributed by atoms with Gasteiger partial charge in [-0.25, -0.2) is 4.98 Å². The van der Waals surface area contributed by atoms with Gasteiger partial charge in [-0.3, -0.25) is 10.1 Å². The molecule has 0 aliphatic carbocycles. The first-order valence-corrected chi connectivity index (χ1v) is 6.37. The Kier molecular flexibility index (Phi) is 3.12. The summed E-state index contributed by atoms with van der Waals surface area (Å²) in [6.45, 7) is 0. The fraction of sp³-hybridized carbons (Fsp3) is 0.0714. The third kappa shape index (κ3) is 2.35. The van der Waals surface area contributed by atoms with Gasteiger partial charge in [0.2, 0.25) is 0 Å². The fourth-order valence-electron chi connectivity index (χ4n) is 2.09. The van der Waals surface area contributed by atoms with Gasteiger partial charge in [0, 0.05) is 24.9 Å². The molecule has 0 saturated carbocycles. The number of halogens is 1. The van der Waals surface area contributed by atoms with E-state index in [0.717, 1.165) is 16.9 Å². The molecule has 0 fully saturated rings. The molecule has 0 saturated heterocycles. The van der Waals surface area contributed by atoms with E-state index in [2.05, 4.69) is 4.98 Å². The van der Waals surface area contributed by atoms with Gasteiger partial charge in [-0.1, -0.05) is 23.7 Å². The number of benzene rings is 1. The molecule has 3 aromatic rings. The Morgan fingerprint density at radius 3 is 2.90 bits per heavy atom. The highest BCUT2D eigenvalue weighted by Gasteiger charge is 2.13. The summed E-state index contributed by atoms with van der Waals surface area (Å²) in [4.78, 5) is 14.9. The minimum absolute atomic E-state index is 0.0760. The van der Waals surface area contributed by atoms with Gasteiger partial charge in [-0.15, -0.1) is 0 Å². The van der Waals surface area contributed by atoms with Crippen LogP contribution in [-0.4, -0.2) is 14.3 Å². The third-order valence-electron chi connectivity index (χ3n) is 3.01. The zero-order chi connectivity index (χ0) is 14.1. The van der Waals surface area contributed by atoms with E-state index in [1.54, 1.807) is 12.1 Å². The molecule has 5 nitrogen and oxygen atoms in total. The fourth-order valence-corrected chi connectivity index (χ4v) is 2.28. The van der Waals surface area contributed by atoms with Crippen molar-refractivity contribution in [2.45, 2.75) is 6.42 Å². The van der Waals surface area contributed by atoms with Gasteiger partial charge in [-0.05, 0) is 23.8 Å². The highest BCUT2D eigenvalue weighted by molar-refractivity contribution is 6.32. The molecular formula is C14H10ClN3O2. The van der Waals surface area contributed by atoms with Crippen LogP contribution in [0.2, 0.25) is 5.02 Å². The van der Waals surface area contributed by atoms with Crippen LogP contribution in [0.25, 0.3) is 5.65 Å². The number of hydrogen-bond acceptors (Lipinski definition) is 3. The zero-order valence-corrected chi connectivity index (χ0v) is 11.1. The molecular weight excluding hydrogens is 278 g/mol. The van der Waals surface area contributed by atoms with Crippen LogP contribution in [0.15, 0.2) is 48.8 Å². The van der Waals surface area contributed by atoms with Crippen molar-refractivity contribution >= 4 is 22.9 Å². The van der Waals surface area contributed by atoms with E-state index in [0.29, 0.717) is 6.42 Å². The number of imidazole rings is 1. The van der Waals surface area contributed by atoms with Crippen molar-refractivity contribution in [2.75, 3.05) is 0 Å². The van der Waals surface area contributed by atoms with E-state index in [1.807, 2.05) is 35.0 Å². The van der Waals surface area contributed by atoms with Crippen molar-refractivity contribution in [1.29, 1.82) is 0 Å². The molecule has 2 aromatic heterocycles. The highest BCUT2D eigenvalue weighted by Crippen LogP contribution is 2.26. The normalized spacial score (nSPS) is 10.8. The molecule has 0 amide bonds. The predicted octanol–water partition coefficient (Wildman–Crippen LogP) is 3.49. The summed E-state index contributed by atoms with van der Waals surface area (Å²) >= 11 is 5.80. The van der Waals surface area contributed by atoms with E-state index in [4.69, 9.17) is 11.6 Å². The molecule has 0 atom stereocenters. The maximum Gasteiger partial charge on any atom is 0.288 e. The lowest BCUT2D eigenvalue weighted by molar-refractivity contribution is -0.384. The number of aromatic nitrogens is 2. The zero-order valence-electron chi connectivity index (χ0n) is 10.4. The number of hydrogen-bond donors (Lipinski definition) is 0. The Morgan fingerprint density at radius 1 is 1.30 bits per heavy atom. The summed E-state index contributed by atoms with van der Waals surface area (Å²) in [7, 11) is 0. The van der Waals surface area contributed by atoms with Gasteiger partial charge in [-0.2, -0.15) is 0 Å². The van der Waals surface area contributed by atoms with Crippen LogP contribution in [0.3, 0.4) is 0 Å². The van der Waals surface area contributed by atoms with Gasteiger partial charge in [0.1, 0.15) is 10.7 Å². The van der Waals surface area contributed by atoms with Crippen LogP contribution in [0, 0.1) is 10.1 Å². The van der Waals surface area contributed by atoms with Crippen LogP contribution in [0.5, 0.6) is 0 Å². The van der Waals surface area contributed by atoms with Crippen LogP contribution in [0.4, 0.5) is 5.69 Å². The largest absolute Gasteiger partial charge is 0.307 e. The standard InChI is InChI=1S/C14H10ClN3O2/c15-12-5-4-10(8-13(12)18(19)20)7-11-9-17-6-2-1-3-14(17)16-11/h1-6,8-9H,7H2. The van der Waals surface area contributed by atoms with Crippen molar-refractivity contribution in [2.24, 2.45) is 0 Å². The lowest BCUT2D eigenvalue weighted by atomic mass is 10.1. The molecule has 0 spiro atoms. The first-order valence-electron chi connectivity index (χ1n) is 5.99. The summed E-state index contributed by atoms with van der Waals surface area (Å²) in [5, 5.41) is 11.0. The monoisotopic (exact) mass is 287 g/mol. The first-order chi connectivity index (χ1) is 9.63. The summed E-state index contributed by atoms with van der Waals surface area (Å²) in [5.74, 6) is 0. The lowest BCUT2D eigenvalue weighted by Gasteiger charge is -2.00. The van der Waals surface area contributed by atoms with Gasteiger partial charge in [0.05, 0.1) is 10.6 Å². The highest BCUT2D eigenvalue weighted by atomic mass is 35.5. The molecule has 0 radical (unpaired) electrons. The van der Waals surface area contributed by atoms with Crippen LogP contribution >= 0.6 is 11.6 Å². The topological polar surface area (TPSA) is 60.4 Å². The van der Waals surface area contributed by atoms with Crippen molar-refractivity contribution in [3.8, 4) is 0 Å². The number of nitro benzene ring substituents is 1. The Balaban J connectivity index is 1.94. The minimum Gasteiger partial charge on any atom is -0.307 e. The third-order valence-corrected chi connectivity index (χ3v) is 3.33. The van der Waals surface area contributed by atoms with Crippen molar-refractivity contribution in [3.63, 3.8) is 0 Å². The Labute approximate surface area is 119 Å². The minimum atomic E-state index is -0.477. The average Bonchev–Trinajstić information content (AvgIpc) is 2.82. The molecule has 100 valence electrons. The van der Waals surface area contributed by atoms with E-state index in [1.165, 1.54) is 6.07 Å². The van der Waals surface area contributed by atoms with Gasteiger partial charge in [0.25, 0.3) is 5.69 Å². The second-order valence-electron chi connectivity index (χ2n) is 4.42. The summed E-state index contributed by atoms with van der Waals surface area (Å²) in [6, 6.07) is 10.6. The number of rotatable bonds is 3. The van der Waals surface area contributed by atoms with Gasteiger partial charge in [0.15, 0.2) is 0 Å². The molecule has 0 aliphatic heterocycles. The second-order valence-corrected chi connectivity index (χ2v) is 4.83. The molecule has 0 aliphatic rings. The van der Waals surface area contributed by atoms with E-state index in [-0.39, 0.29) is 10.7 Å². The Hall–Kier alpha value is -2.40. The molecule has 1 aromatic carbocycles. The number of nitro groups is 1. The Morgan fingerprint density at radius 2 is 2.15 bits per heavy atom. The maximum absolute atomic E-state index is 10.9. The SMILES string of the molecule is O=[N+]([O-])c1cc(Cc2cn3ccccc3n2)ccc1Cl. The number of nitrogens with zero attached hydrogens (tertiary/aromatic N) is 3. The van der Waals surface area contributed by atoms with Gasteiger partial charge < -0.3 is 4.40 Å². The van der Waals surface area contributed by atoms with Gasteiger partial charge >= 0.3 is 0 Å². The summed E-state index contributed by atoms with van der Waals surface area (Å²) < 4.78 is 1.92. The van der Waals surface area contributed by atoms with Crippen molar-refractivity contribution < 1.29 is 4.92 Å². The van der Waals surface area contributed by atoms with E-state index in [9.17, 15) is 10.1 Å². The van der Waals surface area contributed by atoms with E-state index >= 15 is 0 Å². The predicted molar refractivity (Wildman–Crippen MR) is 76.1 cm³/mol. The summed E-state index contributed by atoms with van der Waals surface area (Å²) in [5.41, 5.74) is 2.44. The van der Waals surface area contributed by atoms with Crippen LogP contribution in [-0.2, 0) is 6.42 Å². The first kappa shape index (κ1) is 12.6. The molecule has 20 heavy (non-hydrogen) atoms. The second kappa shape index (κ2) is 4.94.